The predicted octanol–water partition coefficient (Wildman–Crippen LogP) is 2.37. The zero-order valence-electron chi connectivity index (χ0n) is 13.4. The van der Waals surface area contributed by atoms with Crippen molar-refractivity contribution in [3.63, 3.8) is 0 Å². The number of amides is 1. The maximum absolute atomic E-state index is 13.8. The van der Waals surface area contributed by atoms with E-state index in [1.807, 2.05) is 6.92 Å². The number of pyridine rings is 1. The van der Waals surface area contributed by atoms with Gasteiger partial charge in [0, 0.05) is 24.8 Å². The second-order valence-corrected chi connectivity index (χ2v) is 4.94. The number of hydrogen-bond donors (Lipinski definition) is 2. The SMILES string of the molecule is CCNC(=O)c1ccc(NCc2cc(C(=O)OC)ccc2F)nc1. The Bertz CT molecular complexity index is 732. The molecule has 0 aliphatic carbocycles. The van der Waals surface area contributed by atoms with Crippen molar-refractivity contribution >= 4 is 17.7 Å². The molecule has 2 rings (SSSR count). The van der Waals surface area contributed by atoms with Gasteiger partial charge in [0.2, 0.25) is 0 Å². The molecule has 0 unspecified atom stereocenters. The third kappa shape index (κ3) is 4.28. The molecule has 1 heterocycles. The van der Waals surface area contributed by atoms with E-state index in [2.05, 4.69) is 20.4 Å². The number of anilines is 1. The lowest BCUT2D eigenvalue weighted by Gasteiger charge is -2.09. The third-order valence-corrected chi connectivity index (χ3v) is 3.29. The van der Waals surface area contributed by atoms with Crippen LogP contribution in [0, 0.1) is 5.82 Å². The molecule has 0 saturated heterocycles. The number of aromatic nitrogens is 1. The van der Waals surface area contributed by atoms with Crippen LogP contribution < -0.4 is 10.6 Å². The number of esters is 1. The van der Waals surface area contributed by atoms with Crippen molar-refractivity contribution in [3.05, 3.63) is 59.0 Å². The topological polar surface area (TPSA) is 80.3 Å². The van der Waals surface area contributed by atoms with E-state index in [0.29, 0.717) is 23.5 Å². The predicted molar refractivity (Wildman–Crippen MR) is 87.3 cm³/mol. The second-order valence-electron chi connectivity index (χ2n) is 4.94. The van der Waals surface area contributed by atoms with Crippen molar-refractivity contribution < 1.29 is 18.7 Å². The molecule has 0 bridgehead atoms. The van der Waals surface area contributed by atoms with Gasteiger partial charge >= 0.3 is 5.97 Å². The Hall–Kier alpha value is -2.96. The largest absolute Gasteiger partial charge is 0.465 e. The highest BCUT2D eigenvalue weighted by atomic mass is 19.1. The quantitative estimate of drug-likeness (QED) is 0.794. The summed E-state index contributed by atoms with van der Waals surface area (Å²) in [5, 5.41) is 5.63. The lowest BCUT2D eigenvalue weighted by molar-refractivity contribution is 0.0600. The maximum Gasteiger partial charge on any atom is 0.337 e. The average Bonchev–Trinajstić information content (AvgIpc) is 2.61. The van der Waals surface area contributed by atoms with Gasteiger partial charge in [-0.15, -0.1) is 0 Å². The first-order valence-electron chi connectivity index (χ1n) is 7.40. The lowest BCUT2D eigenvalue weighted by Crippen LogP contribution is -2.22. The number of halogens is 1. The molecule has 6 nitrogen and oxygen atoms in total. The van der Waals surface area contributed by atoms with Gasteiger partial charge in [-0.05, 0) is 37.3 Å². The second kappa shape index (κ2) is 8.05. The van der Waals surface area contributed by atoms with Crippen molar-refractivity contribution in [3.8, 4) is 0 Å². The van der Waals surface area contributed by atoms with Crippen LogP contribution in [0.3, 0.4) is 0 Å². The Morgan fingerprint density at radius 1 is 1.21 bits per heavy atom. The smallest absolute Gasteiger partial charge is 0.337 e. The molecule has 1 amide bonds. The fourth-order valence-corrected chi connectivity index (χ4v) is 2.04. The molecule has 7 heteroatoms. The van der Waals surface area contributed by atoms with Crippen LogP contribution in [0.1, 0.15) is 33.2 Å². The highest BCUT2D eigenvalue weighted by molar-refractivity contribution is 5.94. The molecular formula is C17H18FN3O3. The molecule has 0 fully saturated rings. The summed E-state index contributed by atoms with van der Waals surface area (Å²) < 4.78 is 18.4. The molecule has 1 aromatic heterocycles. The van der Waals surface area contributed by atoms with Crippen molar-refractivity contribution in [1.29, 1.82) is 0 Å². The van der Waals surface area contributed by atoms with Gasteiger partial charge < -0.3 is 15.4 Å². The van der Waals surface area contributed by atoms with Gasteiger partial charge in [-0.2, -0.15) is 0 Å². The standard InChI is InChI=1S/C17H18FN3O3/c1-3-19-16(22)12-5-7-15(20-9-12)21-10-13-8-11(17(23)24-2)4-6-14(13)18/h4-9H,3,10H2,1-2H3,(H,19,22)(H,20,21). The molecule has 0 aliphatic rings. The van der Waals surface area contributed by atoms with E-state index >= 15 is 0 Å². The van der Waals surface area contributed by atoms with E-state index in [1.165, 1.54) is 31.5 Å². The van der Waals surface area contributed by atoms with Crippen LogP contribution >= 0.6 is 0 Å². The lowest BCUT2D eigenvalue weighted by atomic mass is 10.1. The highest BCUT2D eigenvalue weighted by Gasteiger charge is 2.10. The summed E-state index contributed by atoms with van der Waals surface area (Å²) in [6, 6.07) is 7.27. The Labute approximate surface area is 139 Å². The molecule has 0 saturated carbocycles. The van der Waals surface area contributed by atoms with Gasteiger partial charge in [-0.25, -0.2) is 14.2 Å². The Morgan fingerprint density at radius 3 is 2.58 bits per heavy atom. The zero-order valence-corrected chi connectivity index (χ0v) is 13.4. The third-order valence-electron chi connectivity index (χ3n) is 3.29. The monoisotopic (exact) mass is 331 g/mol. The van der Waals surface area contributed by atoms with Crippen molar-refractivity contribution in [1.82, 2.24) is 10.3 Å². The van der Waals surface area contributed by atoms with Crippen molar-refractivity contribution in [2.45, 2.75) is 13.5 Å². The number of rotatable bonds is 6. The molecule has 0 spiro atoms. The highest BCUT2D eigenvalue weighted by Crippen LogP contribution is 2.14. The fraction of sp³-hybridized carbons (Fsp3) is 0.235. The van der Waals surface area contributed by atoms with Gasteiger partial charge in [-0.3, -0.25) is 4.79 Å². The molecule has 0 radical (unpaired) electrons. The van der Waals surface area contributed by atoms with E-state index in [1.54, 1.807) is 12.1 Å². The first kappa shape index (κ1) is 17.4. The van der Waals surface area contributed by atoms with E-state index in [9.17, 15) is 14.0 Å². The van der Waals surface area contributed by atoms with Crippen LogP contribution in [-0.2, 0) is 11.3 Å². The number of carbonyl (C=O) groups excluding carboxylic acids is 2. The van der Waals surface area contributed by atoms with Crippen LogP contribution in [0.25, 0.3) is 0 Å². The van der Waals surface area contributed by atoms with Gasteiger partial charge in [0.15, 0.2) is 0 Å². The first-order valence-corrected chi connectivity index (χ1v) is 7.40. The normalized spacial score (nSPS) is 10.1. The van der Waals surface area contributed by atoms with Crippen LogP contribution in [0.5, 0.6) is 0 Å². The average molecular weight is 331 g/mol. The molecule has 0 aliphatic heterocycles. The number of benzene rings is 1. The Morgan fingerprint density at radius 2 is 1.96 bits per heavy atom. The molecule has 2 aromatic rings. The van der Waals surface area contributed by atoms with Crippen molar-refractivity contribution in [2.24, 2.45) is 0 Å². The summed E-state index contributed by atoms with van der Waals surface area (Å²) in [7, 11) is 1.27. The van der Waals surface area contributed by atoms with Crippen molar-refractivity contribution in [2.75, 3.05) is 19.0 Å². The van der Waals surface area contributed by atoms with Gasteiger partial charge in [0.25, 0.3) is 5.91 Å². The first-order chi connectivity index (χ1) is 11.5. The zero-order chi connectivity index (χ0) is 17.5. The maximum atomic E-state index is 13.8. The molecule has 2 N–H and O–H groups in total. The Kier molecular flexibility index (Phi) is 5.83. The minimum atomic E-state index is -0.527. The summed E-state index contributed by atoms with van der Waals surface area (Å²) in [4.78, 5) is 27.2. The number of nitrogens with one attached hydrogen (secondary N) is 2. The van der Waals surface area contributed by atoms with Crippen LogP contribution in [0.15, 0.2) is 36.5 Å². The molecule has 24 heavy (non-hydrogen) atoms. The minimum absolute atomic E-state index is 0.143. The number of hydrogen-bond acceptors (Lipinski definition) is 5. The number of nitrogens with zero attached hydrogens (tertiary/aromatic N) is 1. The van der Waals surface area contributed by atoms with Crippen LogP contribution in [-0.4, -0.2) is 30.5 Å². The Balaban J connectivity index is 2.05. The summed E-state index contributed by atoms with van der Waals surface area (Å²) in [5.74, 6) is -0.672. The number of ether oxygens (including phenoxy) is 1. The van der Waals surface area contributed by atoms with E-state index in [0.717, 1.165) is 0 Å². The molecular weight excluding hydrogens is 313 g/mol. The van der Waals surface area contributed by atoms with Crippen LogP contribution in [0.2, 0.25) is 0 Å². The van der Waals surface area contributed by atoms with Gasteiger partial charge in [-0.1, -0.05) is 0 Å². The van der Waals surface area contributed by atoms with Gasteiger partial charge in [0.1, 0.15) is 11.6 Å². The molecule has 1 aromatic carbocycles. The number of methoxy groups -OCH3 is 1. The van der Waals surface area contributed by atoms with E-state index in [-0.39, 0.29) is 18.0 Å². The van der Waals surface area contributed by atoms with Gasteiger partial charge in [0.05, 0.1) is 18.2 Å². The summed E-state index contributed by atoms with van der Waals surface area (Å²) in [6.07, 6.45) is 1.44. The number of carbonyl (C=O) groups is 2. The molecule has 126 valence electrons. The summed E-state index contributed by atoms with van der Waals surface area (Å²) >= 11 is 0. The minimum Gasteiger partial charge on any atom is -0.465 e. The molecule has 0 atom stereocenters. The summed E-state index contributed by atoms with van der Waals surface area (Å²) in [5.41, 5.74) is 1.03. The van der Waals surface area contributed by atoms with E-state index in [4.69, 9.17) is 0 Å². The van der Waals surface area contributed by atoms with E-state index < -0.39 is 11.8 Å². The van der Waals surface area contributed by atoms with Crippen LogP contribution in [0.4, 0.5) is 10.2 Å². The summed E-state index contributed by atoms with van der Waals surface area (Å²) in [6.45, 7) is 2.51. The fourth-order valence-electron chi connectivity index (χ4n) is 2.04.